The number of hydrogen-bond donors (Lipinski definition) is 1. The molecule has 0 amide bonds. The molecule has 0 atom stereocenters. The SMILES string of the molecule is COc1ccc(N2CCCCC2)cc1NS(=O)(=O)CCc1ccccc1. The summed E-state index contributed by atoms with van der Waals surface area (Å²) in [5.41, 5.74) is 2.54. The van der Waals surface area contributed by atoms with Gasteiger partial charge < -0.3 is 9.64 Å². The van der Waals surface area contributed by atoms with Crippen LogP contribution in [0.4, 0.5) is 11.4 Å². The second kappa shape index (κ2) is 8.45. The van der Waals surface area contributed by atoms with Crippen LogP contribution in [0.3, 0.4) is 0 Å². The normalized spacial score (nSPS) is 14.9. The van der Waals surface area contributed by atoms with Crippen molar-refractivity contribution in [1.82, 2.24) is 0 Å². The van der Waals surface area contributed by atoms with Crippen LogP contribution < -0.4 is 14.4 Å². The number of anilines is 2. The molecule has 0 aromatic heterocycles. The maximum Gasteiger partial charge on any atom is 0.233 e. The van der Waals surface area contributed by atoms with Crippen LogP contribution in [-0.4, -0.2) is 34.4 Å². The molecule has 2 aromatic rings. The number of nitrogens with zero attached hydrogens (tertiary/aromatic N) is 1. The lowest BCUT2D eigenvalue weighted by molar-refractivity contribution is 0.417. The van der Waals surface area contributed by atoms with Crippen molar-refractivity contribution in [2.24, 2.45) is 0 Å². The number of ether oxygens (including phenoxy) is 1. The van der Waals surface area contributed by atoms with Gasteiger partial charge in [0.2, 0.25) is 10.0 Å². The third-order valence-corrected chi connectivity index (χ3v) is 5.94. The van der Waals surface area contributed by atoms with Crippen LogP contribution in [0.2, 0.25) is 0 Å². The lowest BCUT2D eigenvalue weighted by Crippen LogP contribution is -2.29. The van der Waals surface area contributed by atoms with Crippen LogP contribution >= 0.6 is 0 Å². The van der Waals surface area contributed by atoms with Crippen LogP contribution in [-0.2, 0) is 16.4 Å². The Morgan fingerprint density at radius 2 is 1.77 bits per heavy atom. The summed E-state index contributed by atoms with van der Waals surface area (Å²) in [6.45, 7) is 2.01. The van der Waals surface area contributed by atoms with Gasteiger partial charge in [0.1, 0.15) is 5.75 Å². The number of rotatable bonds is 7. The maximum atomic E-state index is 12.5. The third-order valence-electron chi connectivity index (χ3n) is 4.67. The van der Waals surface area contributed by atoms with Gasteiger partial charge in [-0.1, -0.05) is 30.3 Å². The fourth-order valence-electron chi connectivity index (χ4n) is 3.24. The number of benzene rings is 2. The molecule has 1 saturated heterocycles. The molecule has 1 aliphatic heterocycles. The topological polar surface area (TPSA) is 58.6 Å². The largest absolute Gasteiger partial charge is 0.495 e. The van der Waals surface area contributed by atoms with E-state index in [0.29, 0.717) is 17.9 Å². The zero-order valence-corrected chi connectivity index (χ0v) is 16.0. The standard InChI is InChI=1S/C20H26N2O3S/c1-25-20-11-10-18(22-13-6-3-7-14-22)16-19(20)21-26(23,24)15-12-17-8-4-2-5-9-17/h2,4-5,8-11,16,21H,3,6-7,12-15H2,1H3. The first-order chi connectivity index (χ1) is 12.6. The second-order valence-electron chi connectivity index (χ2n) is 6.59. The molecule has 1 N–H and O–H groups in total. The molecule has 140 valence electrons. The number of nitrogens with one attached hydrogen (secondary N) is 1. The highest BCUT2D eigenvalue weighted by atomic mass is 32.2. The molecule has 2 aromatic carbocycles. The fraction of sp³-hybridized carbons (Fsp3) is 0.400. The Hall–Kier alpha value is -2.21. The molecule has 6 heteroatoms. The number of methoxy groups -OCH3 is 1. The Morgan fingerprint density at radius 1 is 1.04 bits per heavy atom. The quantitative estimate of drug-likeness (QED) is 0.803. The van der Waals surface area contributed by atoms with Crippen molar-refractivity contribution in [3.8, 4) is 5.75 Å². The van der Waals surface area contributed by atoms with Crippen LogP contribution in [0.15, 0.2) is 48.5 Å². The van der Waals surface area contributed by atoms with E-state index in [1.54, 1.807) is 7.11 Å². The van der Waals surface area contributed by atoms with E-state index in [1.165, 1.54) is 19.3 Å². The van der Waals surface area contributed by atoms with Crippen molar-refractivity contribution in [1.29, 1.82) is 0 Å². The molecule has 0 unspecified atom stereocenters. The Morgan fingerprint density at radius 3 is 2.46 bits per heavy atom. The summed E-state index contributed by atoms with van der Waals surface area (Å²) in [7, 11) is -1.91. The van der Waals surface area contributed by atoms with Gasteiger partial charge in [-0.05, 0) is 49.4 Å². The summed E-state index contributed by atoms with van der Waals surface area (Å²) in [4.78, 5) is 2.30. The van der Waals surface area contributed by atoms with E-state index in [4.69, 9.17) is 4.74 Å². The zero-order chi connectivity index (χ0) is 18.4. The number of sulfonamides is 1. The van der Waals surface area contributed by atoms with E-state index in [1.807, 2.05) is 48.5 Å². The first kappa shape index (κ1) is 18.6. The van der Waals surface area contributed by atoms with Crippen molar-refractivity contribution in [3.63, 3.8) is 0 Å². The van der Waals surface area contributed by atoms with E-state index in [-0.39, 0.29) is 5.75 Å². The molecule has 1 heterocycles. The Labute approximate surface area is 156 Å². The summed E-state index contributed by atoms with van der Waals surface area (Å²) in [6, 6.07) is 15.3. The highest BCUT2D eigenvalue weighted by molar-refractivity contribution is 7.92. The summed E-state index contributed by atoms with van der Waals surface area (Å²) < 4.78 is 33.2. The minimum atomic E-state index is -3.46. The Bertz CT molecular complexity index is 816. The molecule has 0 radical (unpaired) electrons. The monoisotopic (exact) mass is 374 g/mol. The fourth-order valence-corrected chi connectivity index (χ4v) is 4.34. The lowest BCUT2D eigenvalue weighted by atomic mass is 10.1. The summed E-state index contributed by atoms with van der Waals surface area (Å²) in [5, 5.41) is 0. The van der Waals surface area contributed by atoms with E-state index in [2.05, 4.69) is 9.62 Å². The van der Waals surface area contributed by atoms with Crippen molar-refractivity contribution >= 4 is 21.4 Å². The van der Waals surface area contributed by atoms with Crippen LogP contribution in [0.1, 0.15) is 24.8 Å². The Balaban J connectivity index is 1.74. The van der Waals surface area contributed by atoms with E-state index in [9.17, 15) is 8.42 Å². The molecule has 5 nitrogen and oxygen atoms in total. The van der Waals surface area contributed by atoms with Gasteiger partial charge in [-0.25, -0.2) is 8.42 Å². The predicted octanol–water partition coefficient (Wildman–Crippen LogP) is 3.67. The smallest absolute Gasteiger partial charge is 0.233 e. The highest BCUT2D eigenvalue weighted by Crippen LogP contribution is 2.31. The summed E-state index contributed by atoms with van der Waals surface area (Å²) in [5.74, 6) is 0.572. The molecule has 3 rings (SSSR count). The zero-order valence-electron chi connectivity index (χ0n) is 15.1. The van der Waals surface area contributed by atoms with Crippen LogP contribution in [0, 0.1) is 0 Å². The molecule has 0 aliphatic carbocycles. The Kier molecular flexibility index (Phi) is 6.04. The van der Waals surface area contributed by atoms with Gasteiger partial charge in [0, 0.05) is 18.8 Å². The minimum Gasteiger partial charge on any atom is -0.495 e. The molecular formula is C20H26N2O3S. The van der Waals surface area contributed by atoms with Crippen molar-refractivity contribution in [3.05, 3.63) is 54.1 Å². The number of aryl methyl sites for hydroxylation is 1. The molecule has 1 fully saturated rings. The number of piperidine rings is 1. The maximum absolute atomic E-state index is 12.5. The summed E-state index contributed by atoms with van der Waals surface area (Å²) >= 11 is 0. The molecular weight excluding hydrogens is 348 g/mol. The first-order valence-corrected chi connectivity index (χ1v) is 10.7. The van der Waals surface area contributed by atoms with E-state index in [0.717, 1.165) is 24.3 Å². The van der Waals surface area contributed by atoms with Crippen molar-refractivity contribution in [2.75, 3.05) is 35.6 Å². The van der Waals surface area contributed by atoms with Crippen LogP contribution in [0.5, 0.6) is 5.75 Å². The van der Waals surface area contributed by atoms with Gasteiger partial charge in [0.05, 0.1) is 18.6 Å². The lowest BCUT2D eigenvalue weighted by Gasteiger charge is -2.29. The molecule has 26 heavy (non-hydrogen) atoms. The van der Waals surface area contributed by atoms with Crippen molar-refractivity contribution in [2.45, 2.75) is 25.7 Å². The van der Waals surface area contributed by atoms with E-state index >= 15 is 0 Å². The average molecular weight is 375 g/mol. The van der Waals surface area contributed by atoms with Gasteiger partial charge in [0.15, 0.2) is 0 Å². The van der Waals surface area contributed by atoms with Gasteiger partial charge in [0.25, 0.3) is 0 Å². The van der Waals surface area contributed by atoms with Gasteiger partial charge >= 0.3 is 0 Å². The van der Waals surface area contributed by atoms with Gasteiger partial charge in [-0.2, -0.15) is 0 Å². The molecule has 0 spiro atoms. The molecule has 0 bridgehead atoms. The highest BCUT2D eigenvalue weighted by Gasteiger charge is 2.17. The first-order valence-electron chi connectivity index (χ1n) is 9.05. The predicted molar refractivity (Wildman–Crippen MR) is 107 cm³/mol. The number of hydrogen-bond acceptors (Lipinski definition) is 4. The van der Waals surface area contributed by atoms with Gasteiger partial charge in [-0.3, -0.25) is 4.72 Å². The molecule has 0 saturated carbocycles. The van der Waals surface area contributed by atoms with Gasteiger partial charge in [-0.15, -0.1) is 0 Å². The molecule has 1 aliphatic rings. The average Bonchev–Trinajstić information content (AvgIpc) is 2.68. The van der Waals surface area contributed by atoms with E-state index < -0.39 is 10.0 Å². The third kappa shape index (κ3) is 4.91. The van der Waals surface area contributed by atoms with Crippen molar-refractivity contribution < 1.29 is 13.2 Å². The van der Waals surface area contributed by atoms with Crippen LogP contribution in [0.25, 0.3) is 0 Å². The minimum absolute atomic E-state index is 0.0358. The summed E-state index contributed by atoms with van der Waals surface area (Å²) in [6.07, 6.45) is 4.07. The second-order valence-corrected chi connectivity index (χ2v) is 8.43.